The predicted molar refractivity (Wildman–Crippen MR) is 98.4 cm³/mol. The molecule has 3 aromatic rings. The summed E-state index contributed by atoms with van der Waals surface area (Å²) in [5, 5.41) is 5.57. The zero-order valence-corrected chi connectivity index (χ0v) is 16.7. The molecule has 0 aliphatic rings. The van der Waals surface area contributed by atoms with Crippen molar-refractivity contribution in [1.29, 1.82) is 0 Å². The average Bonchev–Trinajstić information content (AvgIpc) is 3.32. The van der Waals surface area contributed by atoms with Crippen molar-refractivity contribution < 1.29 is 21.6 Å². The van der Waals surface area contributed by atoms with Crippen molar-refractivity contribution in [1.82, 2.24) is 24.5 Å². The van der Waals surface area contributed by atoms with Gasteiger partial charge in [0.15, 0.2) is 0 Å². The zero-order chi connectivity index (χ0) is 20.5. The minimum atomic E-state index is -4.54. The molecule has 0 radical (unpaired) electrons. The second kappa shape index (κ2) is 7.68. The van der Waals surface area contributed by atoms with Crippen LogP contribution in [-0.4, -0.2) is 34.7 Å². The summed E-state index contributed by atoms with van der Waals surface area (Å²) in [5.41, 5.74) is -0.934. The maximum Gasteiger partial charge on any atom is 0.432 e. The highest BCUT2D eigenvalue weighted by Gasteiger charge is 2.33. The molecule has 0 fully saturated rings. The molecule has 0 amide bonds. The Morgan fingerprint density at radius 2 is 2.07 bits per heavy atom. The van der Waals surface area contributed by atoms with Gasteiger partial charge in [-0.25, -0.2) is 18.1 Å². The number of nitrogens with zero attached hydrogens (tertiary/aromatic N) is 3. The van der Waals surface area contributed by atoms with Crippen LogP contribution in [-0.2, 0) is 29.2 Å². The molecule has 3 rings (SSSR count). The van der Waals surface area contributed by atoms with Gasteiger partial charge in [0.25, 0.3) is 0 Å². The Hall–Kier alpha value is -2.18. The van der Waals surface area contributed by atoms with E-state index < -0.39 is 21.9 Å². The number of thiophene rings is 1. The van der Waals surface area contributed by atoms with Crippen LogP contribution in [0.1, 0.15) is 23.3 Å². The number of imidazole rings is 1. The fraction of sp³-hybridized carbons (Fsp3) is 0.375. The number of hydrogen-bond acceptors (Lipinski definition) is 5. The van der Waals surface area contributed by atoms with Crippen LogP contribution in [0.25, 0.3) is 10.6 Å². The normalized spacial score (nSPS) is 12.6. The third kappa shape index (κ3) is 4.28. The Kier molecular flexibility index (Phi) is 5.64. The quantitative estimate of drug-likeness (QED) is 0.599. The first-order valence-electron chi connectivity index (χ1n) is 8.35. The van der Waals surface area contributed by atoms with E-state index in [9.17, 15) is 21.6 Å². The topological polar surface area (TPSA) is 92.7 Å². The van der Waals surface area contributed by atoms with Crippen LogP contribution in [0.5, 0.6) is 0 Å². The van der Waals surface area contributed by atoms with Crippen molar-refractivity contribution in [2.24, 2.45) is 0 Å². The summed E-state index contributed by atoms with van der Waals surface area (Å²) >= 11 is 1.07. The van der Waals surface area contributed by atoms with Crippen LogP contribution in [0.3, 0.4) is 0 Å². The molecule has 152 valence electrons. The van der Waals surface area contributed by atoms with Crippen molar-refractivity contribution in [3.63, 3.8) is 0 Å². The molecule has 0 saturated carbocycles. The summed E-state index contributed by atoms with van der Waals surface area (Å²) in [6.07, 6.45) is -0.381. The maximum absolute atomic E-state index is 12.7. The van der Waals surface area contributed by atoms with E-state index in [0.29, 0.717) is 16.3 Å². The lowest BCUT2D eigenvalue weighted by Crippen LogP contribution is -2.27. The van der Waals surface area contributed by atoms with Gasteiger partial charge in [0.1, 0.15) is 17.2 Å². The second-order valence-corrected chi connectivity index (χ2v) is 8.98. The van der Waals surface area contributed by atoms with Gasteiger partial charge in [0.05, 0.1) is 9.77 Å². The van der Waals surface area contributed by atoms with Crippen LogP contribution in [0.15, 0.2) is 29.4 Å². The van der Waals surface area contributed by atoms with Gasteiger partial charge in [-0.15, -0.1) is 11.3 Å². The average molecular weight is 433 g/mol. The molecule has 0 aliphatic heterocycles. The van der Waals surface area contributed by atoms with E-state index in [2.05, 4.69) is 14.8 Å². The van der Waals surface area contributed by atoms with E-state index in [0.717, 1.165) is 29.6 Å². The lowest BCUT2D eigenvalue weighted by molar-refractivity contribution is -0.141. The highest BCUT2D eigenvalue weighted by atomic mass is 32.2. The lowest BCUT2D eigenvalue weighted by atomic mass is 10.3. The van der Waals surface area contributed by atoms with Crippen molar-refractivity contribution in [3.8, 4) is 10.6 Å². The molecule has 0 bridgehead atoms. The number of halogens is 3. The van der Waals surface area contributed by atoms with E-state index in [1.807, 2.05) is 16.6 Å². The summed E-state index contributed by atoms with van der Waals surface area (Å²) in [7, 11) is -3.81. The monoisotopic (exact) mass is 433 g/mol. The molecule has 28 heavy (non-hydrogen) atoms. The number of aromatic amines is 1. The molecule has 0 unspecified atom stereocenters. The highest BCUT2D eigenvalue weighted by Crippen LogP contribution is 2.35. The van der Waals surface area contributed by atoms with Gasteiger partial charge in [-0.1, -0.05) is 6.92 Å². The number of nitrogens with one attached hydrogen (secondary N) is 2. The van der Waals surface area contributed by atoms with E-state index in [-0.39, 0.29) is 17.1 Å². The third-order valence-corrected chi connectivity index (χ3v) is 6.85. The van der Waals surface area contributed by atoms with Gasteiger partial charge in [-0.2, -0.15) is 18.3 Å². The third-order valence-electron chi connectivity index (χ3n) is 4.06. The summed E-state index contributed by atoms with van der Waals surface area (Å²) in [6, 6.07) is 2.20. The summed E-state index contributed by atoms with van der Waals surface area (Å²) in [5.74, 6) is 0.854. The molecule has 3 heterocycles. The maximum atomic E-state index is 12.7. The molecule has 0 aliphatic carbocycles. The van der Waals surface area contributed by atoms with Crippen LogP contribution in [0.4, 0.5) is 13.2 Å². The predicted octanol–water partition coefficient (Wildman–Crippen LogP) is 3.20. The number of hydrogen-bond donors (Lipinski definition) is 2. The van der Waals surface area contributed by atoms with Crippen molar-refractivity contribution >= 4 is 21.4 Å². The molecule has 0 atom stereocenters. The molecule has 7 nitrogen and oxygen atoms in total. The zero-order valence-electron chi connectivity index (χ0n) is 15.0. The lowest BCUT2D eigenvalue weighted by Gasteiger charge is -2.08. The van der Waals surface area contributed by atoms with Gasteiger partial charge in [0.2, 0.25) is 10.0 Å². The van der Waals surface area contributed by atoms with E-state index >= 15 is 0 Å². The largest absolute Gasteiger partial charge is 0.432 e. The summed E-state index contributed by atoms with van der Waals surface area (Å²) < 4.78 is 67.8. The number of aromatic nitrogens is 4. The first-order valence-corrected chi connectivity index (χ1v) is 10.6. The van der Waals surface area contributed by atoms with Crippen LogP contribution < -0.4 is 4.72 Å². The van der Waals surface area contributed by atoms with Crippen molar-refractivity contribution in [2.75, 3.05) is 6.54 Å². The smallest absolute Gasteiger partial charge is 0.334 e. The highest BCUT2D eigenvalue weighted by molar-refractivity contribution is 7.89. The Balaban J connectivity index is 1.75. The van der Waals surface area contributed by atoms with Gasteiger partial charge in [0, 0.05) is 36.8 Å². The Morgan fingerprint density at radius 1 is 1.32 bits per heavy atom. The molecule has 0 spiro atoms. The first kappa shape index (κ1) is 20.6. The molecular formula is C16H18F3N5O2S2. The fourth-order valence-corrected chi connectivity index (χ4v) is 5.26. The number of aryl methyl sites for hydroxylation is 2. The van der Waals surface area contributed by atoms with E-state index in [4.69, 9.17) is 0 Å². The Bertz CT molecular complexity index is 1070. The fourth-order valence-electron chi connectivity index (χ4n) is 2.69. The SMILES string of the molecule is CCc1nccn1CCNS(=O)(=O)c1cc(-c2cc(C(F)(F)F)[nH]n2)sc1C. The number of H-pyrrole nitrogens is 1. The Labute approximate surface area is 163 Å². The van der Waals surface area contributed by atoms with Crippen molar-refractivity contribution in [2.45, 2.75) is 37.9 Å². The number of sulfonamides is 1. The molecule has 0 saturated heterocycles. The van der Waals surface area contributed by atoms with Crippen molar-refractivity contribution in [3.05, 3.63) is 40.9 Å². The van der Waals surface area contributed by atoms with Gasteiger partial charge < -0.3 is 4.57 Å². The van der Waals surface area contributed by atoms with Gasteiger partial charge in [-0.05, 0) is 19.1 Å². The number of rotatable bonds is 7. The molecule has 2 N–H and O–H groups in total. The van der Waals surface area contributed by atoms with Crippen LogP contribution >= 0.6 is 11.3 Å². The van der Waals surface area contributed by atoms with E-state index in [1.54, 1.807) is 19.3 Å². The minimum absolute atomic E-state index is 0.0328. The summed E-state index contributed by atoms with van der Waals surface area (Å²) in [4.78, 5) is 5.02. The standard InChI is InChI=1S/C16H18F3N5O2S2/c1-3-15-20-4-6-24(15)7-5-21-28(25,26)13-9-12(27-10(13)2)11-8-14(23-22-11)16(17,18)19/h4,6,8-9,21H,3,5,7H2,1-2H3,(H,22,23). The second-order valence-electron chi connectivity index (χ2n) is 5.98. The molecule has 3 aromatic heterocycles. The van der Waals surface area contributed by atoms with Crippen LogP contribution in [0, 0.1) is 6.92 Å². The first-order chi connectivity index (χ1) is 13.1. The Morgan fingerprint density at radius 3 is 2.71 bits per heavy atom. The molecule has 0 aromatic carbocycles. The van der Waals surface area contributed by atoms with E-state index in [1.165, 1.54) is 6.07 Å². The molecule has 12 heteroatoms. The number of alkyl halides is 3. The summed E-state index contributed by atoms with van der Waals surface area (Å²) in [6.45, 7) is 4.15. The molecular weight excluding hydrogens is 415 g/mol. The minimum Gasteiger partial charge on any atom is -0.334 e. The van der Waals surface area contributed by atoms with Gasteiger partial charge >= 0.3 is 6.18 Å². The van der Waals surface area contributed by atoms with Crippen LogP contribution in [0.2, 0.25) is 0 Å². The van der Waals surface area contributed by atoms with Gasteiger partial charge in [-0.3, -0.25) is 5.10 Å².